The van der Waals surface area contributed by atoms with E-state index in [0.29, 0.717) is 18.8 Å². The van der Waals surface area contributed by atoms with Crippen LogP contribution in [0.1, 0.15) is 35.2 Å². The van der Waals surface area contributed by atoms with Gasteiger partial charge in [0, 0.05) is 6.20 Å². The monoisotopic (exact) mass is 295 g/mol. The molecule has 0 aromatic carbocycles. The van der Waals surface area contributed by atoms with Gasteiger partial charge in [-0.1, -0.05) is 24.3 Å². The van der Waals surface area contributed by atoms with Gasteiger partial charge < -0.3 is 4.74 Å². The van der Waals surface area contributed by atoms with Gasteiger partial charge in [0.15, 0.2) is 0 Å². The Morgan fingerprint density at radius 3 is 3.00 bits per heavy atom. The Kier molecular flexibility index (Phi) is 4.14. The van der Waals surface area contributed by atoms with Gasteiger partial charge in [-0.15, -0.1) is 0 Å². The molecule has 1 aliphatic rings. The van der Waals surface area contributed by atoms with Crippen molar-refractivity contribution in [3.63, 3.8) is 0 Å². The first kappa shape index (κ1) is 14.3. The van der Waals surface area contributed by atoms with Gasteiger partial charge in [0.1, 0.15) is 5.69 Å². The van der Waals surface area contributed by atoms with Crippen LogP contribution in [0, 0.1) is 0 Å². The van der Waals surface area contributed by atoms with Crippen LogP contribution in [0.5, 0.6) is 0 Å². The van der Waals surface area contributed by atoms with Gasteiger partial charge in [0.25, 0.3) is 0 Å². The predicted molar refractivity (Wildman–Crippen MR) is 83.3 cm³/mol. The molecular weight excluding hydrogens is 278 g/mol. The first-order valence-corrected chi connectivity index (χ1v) is 7.29. The van der Waals surface area contributed by atoms with Gasteiger partial charge in [-0.3, -0.25) is 9.67 Å². The standard InChI is InChI=1S/C17H17N3O2/c1-2-22-17(21)16-11-15(13-7-3-4-8-13)19-20(16)12-14-9-5-6-10-18-14/h3-7,9-11H,2,8,12H2,1H3. The van der Waals surface area contributed by atoms with Crippen LogP contribution in [0.25, 0.3) is 5.57 Å². The number of ether oxygens (including phenoxy) is 1. The summed E-state index contributed by atoms with van der Waals surface area (Å²) in [6.07, 6.45) is 8.65. The van der Waals surface area contributed by atoms with Crippen molar-refractivity contribution in [2.45, 2.75) is 19.9 Å². The lowest BCUT2D eigenvalue weighted by Gasteiger charge is -2.06. The number of rotatable bonds is 5. The molecule has 0 saturated heterocycles. The molecule has 2 heterocycles. The quantitative estimate of drug-likeness (QED) is 0.796. The second kappa shape index (κ2) is 6.39. The van der Waals surface area contributed by atoms with E-state index in [4.69, 9.17) is 4.74 Å². The predicted octanol–water partition coefficient (Wildman–Crippen LogP) is 2.85. The Bertz CT molecular complexity index is 730. The van der Waals surface area contributed by atoms with Gasteiger partial charge >= 0.3 is 5.97 Å². The zero-order chi connectivity index (χ0) is 15.4. The molecule has 2 aromatic rings. The molecule has 0 saturated carbocycles. The molecule has 5 nitrogen and oxygen atoms in total. The number of nitrogens with zero attached hydrogens (tertiary/aromatic N) is 3. The average molecular weight is 295 g/mol. The highest BCUT2D eigenvalue weighted by Crippen LogP contribution is 2.23. The minimum Gasteiger partial charge on any atom is -0.461 e. The first-order valence-electron chi connectivity index (χ1n) is 7.29. The van der Waals surface area contributed by atoms with Gasteiger partial charge in [-0.25, -0.2) is 4.79 Å². The number of hydrogen-bond donors (Lipinski definition) is 0. The number of allylic oxidation sites excluding steroid dienone is 4. The molecule has 22 heavy (non-hydrogen) atoms. The number of aromatic nitrogens is 3. The lowest BCUT2D eigenvalue weighted by atomic mass is 10.1. The molecule has 0 unspecified atom stereocenters. The summed E-state index contributed by atoms with van der Waals surface area (Å²) in [7, 11) is 0. The molecule has 1 aliphatic carbocycles. The van der Waals surface area contributed by atoms with E-state index in [1.165, 1.54) is 0 Å². The second-order valence-electron chi connectivity index (χ2n) is 4.94. The van der Waals surface area contributed by atoms with Crippen molar-refractivity contribution >= 4 is 11.5 Å². The molecule has 0 bridgehead atoms. The van der Waals surface area contributed by atoms with Crippen molar-refractivity contribution in [3.05, 3.63) is 65.8 Å². The summed E-state index contributed by atoms with van der Waals surface area (Å²) in [5.74, 6) is -0.358. The van der Waals surface area contributed by atoms with Crippen LogP contribution in [0.15, 0.2) is 48.7 Å². The Morgan fingerprint density at radius 1 is 1.41 bits per heavy atom. The normalized spacial score (nSPS) is 13.2. The smallest absolute Gasteiger partial charge is 0.356 e. The molecule has 0 aliphatic heterocycles. The summed E-state index contributed by atoms with van der Waals surface area (Å²) in [4.78, 5) is 16.4. The number of esters is 1. The Balaban J connectivity index is 1.93. The van der Waals surface area contributed by atoms with Gasteiger partial charge in [0.05, 0.1) is 24.5 Å². The first-order chi connectivity index (χ1) is 10.8. The summed E-state index contributed by atoms with van der Waals surface area (Å²) in [5, 5.41) is 4.56. The highest BCUT2D eigenvalue weighted by atomic mass is 16.5. The van der Waals surface area contributed by atoms with E-state index in [9.17, 15) is 4.79 Å². The summed E-state index contributed by atoms with van der Waals surface area (Å²) in [6, 6.07) is 7.48. The fourth-order valence-electron chi connectivity index (χ4n) is 2.35. The van der Waals surface area contributed by atoms with Crippen LogP contribution >= 0.6 is 0 Å². The van der Waals surface area contributed by atoms with Crippen LogP contribution in [0.2, 0.25) is 0 Å². The number of pyridine rings is 1. The molecule has 112 valence electrons. The van der Waals surface area contributed by atoms with Crippen molar-refractivity contribution in [1.82, 2.24) is 14.8 Å². The maximum atomic E-state index is 12.1. The molecule has 0 radical (unpaired) electrons. The average Bonchev–Trinajstić information content (AvgIpc) is 3.17. The van der Waals surface area contributed by atoms with Crippen LogP contribution in [0.3, 0.4) is 0 Å². The largest absolute Gasteiger partial charge is 0.461 e. The molecule has 0 fully saturated rings. The van der Waals surface area contributed by atoms with E-state index < -0.39 is 0 Å². The van der Waals surface area contributed by atoms with Crippen LogP contribution in [-0.2, 0) is 11.3 Å². The molecule has 0 amide bonds. The third-order valence-electron chi connectivity index (χ3n) is 3.40. The highest BCUT2D eigenvalue weighted by Gasteiger charge is 2.19. The molecule has 0 atom stereocenters. The van der Waals surface area contributed by atoms with E-state index >= 15 is 0 Å². The second-order valence-corrected chi connectivity index (χ2v) is 4.94. The summed E-state index contributed by atoms with van der Waals surface area (Å²) < 4.78 is 6.79. The summed E-state index contributed by atoms with van der Waals surface area (Å²) >= 11 is 0. The number of carbonyl (C=O) groups excluding carboxylic acids is 1. The van der Waals surface area contributed by atoms with E-state index in [-0.39, 0.29) is 5.97 Å². The van der Waals surface area contributed by atoms with Gasteiger partial charge in [-0.2, -0.15) is 5.10 Å². The Labute approximate surface area is 128 Å². The zero-order valence-corrected chi connectivity index (χ0v) is 12.4. The van der Waals surface area contributed by atoms with E-state index in [2.05, 4.69) is 16.2 Å². The third-order valence-corrected chi connectivity index (χ3v) is 3.40. The maximum absolute atomic E-state index is 12.1. The molecule has 0 spiro atoms. The highest BCUT2D eigenvalue weighted by molar-refractivity contribution is 5.89. The van der Waals surface area contributed by atoms with Crippen LogP contribution in [0.4, 0.5) is 0 Å². The molecule has 2 aromatic heterocycles. The molecule has 5 heteroatoms. The number of hydrogen-bond acceptors (Lipinski definition) is 4. The SMILES string of the molecule is CCOC(=O)c1cc(C2=CC=CC2)nn1Cc1ccccn1. The van der Waals surface area contributed by atoms with Crippen LogP contribution in [-0.4, -0.2) is 27.3 Å². The van der Waals surface area contributed by atoms with E-state index in [1.807, 2.05) is 30.4 Å². The Hall–Kier alpha value is -2.69. The molecule has 0 N–H and O–H groups in total. The summed E-state index contributed by atoms with van der Waals surface area (Å²) in [5.41, 5.74) is 3.21. The minimum absolute atomic E-state index is 0.340. The molecular formula is C17H17N3O2. The van der Waals surface area contributed by atoms with Crippen molar-refractivity contribution < 1.29 is 9.53 Å². The van der Waals surface area contributed by atoms with Crippen molar-refractivity contribution in [1.29, 1.82) is 0 Å². The Morgan fingerprint density at radius 2 is 2.32 bits per heavy atom. The third kappa shape index (κ3) is 2.98. The van der Waals surface area contributed by atoms with Crippen molar-refractivity contribution in [2.24, 2.45) is 0 Å². The van der Waals surface area contributed by atoms with Crippen molar-refractivity contribution in [2.75, 3.05) is 6.61 Å². The topological polar surface area (TPSA) is 57.0 Å². The van der Waals surface area contributed by atoms with Crippen molar-refractivity contribution in [3.8, 4) is 0 Å². The minimum atomic E-state index is -0.358. The van der Waals surface area contributed by atoms with E-state index in [1.54, 1.807) is 23.9 Å². The zero-order valence-electron chi connectivity index (χ0n) is 12.4. The number of carbonyl (C=O) groups is 1. The van der Waals surface area contributed by atoms with Crippen LogP contribution < -0.4 is 0 Å². The van der Waals surface area contributed by atoms with Gasteiger partial charge in [-0.05, 0) is 37.1 Å². The fraction of sp³-hybridized carbons (Fsp3) is 0.235. The summed E-state index contributed by atoms with van der Waals surface area (Å²) in [6.45, 7) is 2.57. The lowest BCUT2D eigenvalue weighted by Crippen LogP contribution is -2.14. The molecule has 3 rings (SSSR count). The lowest BCUT2D eigenvalue weighted by molar-refractivity contribution is 0.0512. The maximum Gasteiger partial charge on any atom is 0.356 e. The van der Waals surface area contributed by atoms with Gasteiger partial charge in [0.2, 0.25) is 0 Å². The fourth-order valence-corrected chi connectivity index (χ4v) is 2.35. The van der Waals surface area contributed by atoms with E-state index in [0.717, 1.165) is 23.4 Å².